The Balaban J connectivity index is 1.58. The first-order chi connectivity index (χ1) is 13.2. The number of nitrogens with one attached hydrogen (secondary N) is 1. The summed E-state index contributed by atoms with van der Waals surface area (Å²) in [4.78, 5) is 14.5. The molecule has 0 atom stereocenters. The van der Waals surface area contributed by atoms with Gasteiger partial charge < -0.3 is 10.2 Å². The van der Waals surface area contributed by atoms with E-state index in [1.165, 1.54) is 9.87 Å². The molecule has 1 amide bonds. The fourth-order valence-electron chi connectivity index (χ4n) is 3.21. The van der Waals surface area contributed by atoms with Crippen molar-refractivity contribution in [1.82, 2.24) is 4.31 Å². The molecule has 8 heteroatoms. The van der Waals surface area contributed by atoms with Gasteiger partial charge in [-0.2, -0.15) is 4.31 Å². The molecular formula is C20H24BrN3O3S. The highest BCUT2D eigenvalue weighted by molar-refractivity contribution is 9.10. The number of nitrogens with zero attached hydrogens (tertiary/aromatic N) is 2. The molecule has 6 nitrogen and oxygen atoms in total. The average Bonchev–Trinajstić information content (AvgIpc) is 2.64. The van der Waals surface area contributed by atoms with Crippen LogP contribution in [0.25, 0.3) is 0 Å². The number of carbonyl (C=O) groups excluding carboxylic acids is 1. The van der Waals surface area contributed by atoms with E-state index in [0.29, 0.717) is 31.9 Å². The van der Waals surface area contributed by atoms with Crippen molar-refractivity contribution in [2.24, 2.45) is 0 Å². The van der Waals surface area contributed by atoms with Crippen LogP contribution in [0.3, 0.4) is 0 Å². The van der Waals surface area contributed by atoms with Gasteiger partial charge in [0.2, 0.25) is 15.9 Å². The first kappa shape index (κ1) is 20.8. The molecule has 1 fully saturated rings. The van der Waals surface area contributed by atoms with E-state index in [0.717, 1.165) is 15.7 Å². The van der Waals surface area contributed by atoms with E-state index in [2.05, 4.69) is 32.2 Å². The Morgan fingerprint density at radius 1 is 1.04 bits per heavy atom. The molecule has 0 radical (unpaired) electrons. The molecule has 0 bridgehead atoms. The summed E-state index contributed by atoms with van der Waals surface area (Å²) in [5, 5.41) is 2.67. The monoisotopic (exact) mass is 465 g/mol. The third-order valence-electron chi connectivity index (χ3n) is 4.71. The van der Waals surface area contributed by atoms with E-state index >= 15 is 0 Å². The van der Waals surface area contributed by atoms with Crippen LogP contribution < -0.4 is 10.2 Å². The lowest BCUT2D eigenvalue weighted by Crippen LogP contribution is -2.50. The van der Waals surface area contributed by atoms with Crippen LogP contribution in [0.5, 0.6) is 0 Å². The van der Waals surface area contributed by atoms with Crippen molar-refractivity contribution in [3.63, 3.8) is 0 Å². The molecule has 0 saturated carbocycles. The van der Waals surface area contributed by atoms with E-state index in [9.17, 15) is 13.2 Å². The number of benzene rings is 2. The number of rotatable bonds is 5. The third-order valence-corrected chi connectivity index (χ3v) is 7.15. The maximum Gasteiger partial charge on any atom is 0.241 e. The Bertz CT molecular complexity index is 970. The number of amides is 1. The highest BCUT2D eigenvalue weighted by Crippen LogP contribution is 2.24. The minimum absolute atomic E-state index is 0.373. The zero-order valence-corrected chi connectivity index (χ0v) is 18.4. The summed E-state index contributed by atoms with van der Waals surface area (Å²) < 4.78 is 27.4. The minimum Gasteiger partial charge on any atom is -0.369 e. The number of hydrogen-bond acceptors (Lipinski definition) is 4. The van der Waals surface area contributed by atoms with Gasteiger partial charge in [0.15, 0.2) is 0 Å². The van der Waals surface area contributed by atoms with Crippen LogP contribution in [-0.2, 0) is 14.8 Å². The van der Waals surface area contributed by atoms with Gasteiger partial charge in [0.1, 0.15) is 5.75 Å². The lowest BCUT2D eigenvalue weighted by molar-refractivity contribution is -0.113. The summed E-state index contributed by atoms with van der Waals surface area (Å²) in [6.45, 7) is 5.93. The quantitative estimate of drug-likeness (QED) is 0.735. The summed E-state index contributed by atoms with van der Waals surface area (Å²) in [6.07, 6.45) is 0. The minimum atomic E-state index is -3.66. The molecule has 1 heterocycles. The van der Waals surface area contributed by atoms with Crippen molar-refractivity contribution >= 4 is 43.2 Å². The molecular weight excluding hydrogens is 442 g/mol. The Morgan fingerprint density at radius 2 is 1.71 bits per heavy atom. The summed E-state index contributed by atoms with van der Waals surface area (Å²) in [5.74, 6) is -1.09. The van der Waals surface area contributed by atoms with Gasteiger partial charge in [0, 0.05) is 36.3 Å². The average molecular weight is 466 g/mol. The predicted molar refractivity (Wildman–Crippen MR) is 116 cm³/mol. The van der Waals surface area contributed by atoms with Crippen LogP contribution >= 0.6 is 15.9 Å². The van der Waals surface area contributed by atoms with Crippen molar-refractivity contribution in [1.29, 1.82) is 0 Å². The van der Waals surface area contributed by atoms with Crippen LogP contribution in [0.1, 0.15) is 11.1 Å². The largest absolute Gasteiger partial charge is 0.369 e. The second kappa shape index (κ2) is 8.63. The SMILES string of the molecule is Cc1cccc(N2CCN(S(=O)(=O)CC(=O)Nc3ccc(C)cc3Br)CC2)c1. The normalized spacial score (nSPS) is 15.5. The Kier molecular flexibility index (Phi) is 6.42. The molecule has 28 heavy (non-hydrogen) atoms. The molecule has 0 unspecified atom stereocenters. The Hall–Kier alpha value is -1.90. The molecule has 1 aliphatic rings. The molecule has 1 aliphatic heterocycles. The lowest BCUT2D eigenvalue weighted by Gasteiger charge is -2.35. The van der Waals surface area contributed by atoms with Crippen LogP contribution in [0.4, 0.5) is 11.4 Å². The first-order valence-corrected chi connectivity index (χ1v) is 11.5. The second-order valence-corrected chi connectivity index (χ2v) is 9.84. The summed E-state index contributed by atoms with van der Waals surface area (Å²) in [7, 11) is -3.66. The van der Waals surface area contributed by atoms with E-state index in [-0.39, 0.29) is 0 Å². The smallest absolute Gasteiger partial charge is 0.241 e. The number of carbonyl (C=O) groups is 1. The molecule has 1 N–H and O–H groups in total. The van der Waals surface area contributed by atoms with Crippen molar-refractivity contribution in [3.8, 4) is 0 Å². The Labute approximate surface area is 174 Å². The number of hydrogen-bond donors (Lipinski definition) is 1. The van der Waals surface area contributed by atoms with Gasteiger partial charge in [-0.05, 0) is 65.2 Å². The molecule has 0 aromatic heterocycles. The number of anilines is 2. The van der Waals surface area contributed by atoms with Crippen molar-refractivity contribution in [3.05, 3.63) is 58.1 Å². The number of sulfonamides is 1. The Morgan fingerprint density at radius 3 is 2.36 bits per heavy atom. The van der Waals surface area contributed by atoms with Crippen molar-refractivity contribution in [2.45, 2.75) is 13.8 Å². The maximum atomic E-state index is 12.7. The van der Waals surface area contributed by atoms with Gasteiger partial charge in [-0.3, -0.25) is 4.79 Å². The standard InChI is InChI=1S/C20H24BrN3O3S/c1-15-4-3-5-17(12-15)23-8-10-24(11-9-23)28(26,27)14-20(25)22-19-7-6-16(2)13-18(19)21/h3-7,12-13H,8-11,14H2,1-2H3,(H,22,25). The molecule has 150 valence electrons. The molecule has 2 aromatic carbocycles. The van der Waals surface area contributed by atoms with Crippen LogP contribution in [0, 0.1) is 13.8 Å². The molecule has 0 aliphatic carbocycles. The summed E-state index contributed by atoms with van der Waals surface area (Å²) in [5.41, 5.74) is 3.88. The van der Waals surface area contributed by atoms with Crippen molar-refractivity contribution in [2.75, 3.05) is 42.1 Å². The fourth-order valence-corrected chi connectivity index (χ4v) is 5.11. The van der Waals surface area contributed by atoms with Gasteiger partial charge in [-0.25, -0.2) is 8.42 Å². The summed E-state index contributed by atoms with van der Waals surface area (Å²) in [6, 6.07) is 13.6. The van der Waals surface area contributed by atoms with Crippen LogP contribution in [-0.4, -0.2) is 50.6 Å². The van der Waals surface area contributed by atoms with E-state index < -0.39 is 21.7 Å². The van der Waals surface area contributed by atoms with Crippen LogP contribution in [0.15, 0.2) is 46.9 Å². The van der Waals surface area contributed by atoms with Gasteiger partial charge in [0.05, 0.1) is 5.69 Å². The number of piperazine rings is 1. The molecule has 3 rings (SSSR count). The maximum absolute atomic E-state index is 12.7. The van der Waals surface area contributed by atoms with E-state index in [1.807, 2.05) is 44.2 Å². The number of halogens is 1. The molecule has 1 saturated heterocycles. The zero-order valence-electron chi connectivity index (χ0n) is 16.0. The van der Waals surface area contributed by atoms with Crippen LogP contribution in [0.2, 0.25) is 0 Å². The van der Waals surface area contributed by atoms with E-state index in [4.69, 9.17) is 0 Å². The lowest BCUT2D eigenvalue weighted by atomic mass is 10.2. The highest BCUT2D eigenvalue weighted by atomic mass is 79.9. The second-order valence-electron chi connectivity index (χ2n) is 7.01. The van der Waals surface area contributed by atoms with Crippen molar-refractivity contribution < 1.29 is 13.2 Å². The van der Waals surface area contributed by atoms with Gasteiger partial charge >= 0.3 is 0 Å². The first-order valence-electron chi connectivity index (χ1n) is 9.10. The van der Waals surface area contributed by atoms with Gasteiger partial charge in [-0.15, -0.1) is 0 Å². The van der Waals surface area contributed by atoms with E-state index in [1.54, 1.807) is 6.07 Å². The van der Waals surface area contributed by atoms with Gasteiger partial charge in [0.25, 0.3) is 0 Å². The predicted octanol–water partition coefficient (Wildman–Crippen LogP) is 3.16. The number of aryl methyl sites for hydroxylation is 2. The molecule has 0 spiro atoms. The van der Waals surface area contributed by atoms with Gasteiger partial charge in [-0.1, -0.05) is 18.2 Å². The highest BCUT2D eigenvalue weighted by Gasteiger charge is 2.29. The zero-order chi connectivity index (χ0) is 20.3. The third kappa shape index (κ3) is 5.12. The fraction of sp³-hybridized carbons (Fsp3) is 0.350. The summed E-state index contributed by atoms with van der Waals surface area (Å²) >= 11 is 3.39. The topological polar surface area (TPSA) is 69.7 Å². The molecule has 2 aromatic rings.